The fraction of sp³-hybridized carbons (Fsp3) is 0.102. The van der Waals surface area contributed by atoms with Gasteiger partial charge in [0, 0.05) is 38.6 Å². The van der Waals surface area contributed by atoms with Gasteiger partial charge < -0.3 is 9.32 Å². The molecule has 244 valence electrons. The molecule has 1 aromatic heterocycles. The van der Waals surface area contributed by atoms with E-state index in [1.165, 1.54) is 55.2 Å². The Balaban J connectivity index is 1.12. The summed E-state index contributed by atoms with van der Waals surface area (Å²) in [6, 6.07) is 60.0. The van der Waals surface area contributed by atoms with E-state index in [4.69, 9.17) is 4.42 Å². The Hall–Kier alpha value is -6.12. The highest BCUT2D eigenvalue weighted by molar-refractivity contribution is 6.17. The molecule has 1 aliphatic carbocycles. The fourth-order valence-electron chi connectivity index (χ4n) is 8.94. The summed E-state index contributed by atoms with van der Waals surface area (Å²) in [4.78, 5) is 2.43. The first-order valence-corrected chi connectivity index (χ1v) is 18.1. The summed E-state index contributed by atoms with van der Waals surface area (Å²) >= 11 is 0. The highest BCUT2D eigenvalue weighted by atomic mass is 16.3. The quantitative estimate of drug-likeness (QED) is 0.177. The number of anilines is 3. The average Bonchev–Trinajstić information content (AvgIpc) is 3.71. The molecule has 0 unspecified atom stereocenters. The van der Waals surface area contributed by atoms with Crippen molar-refractivity contribution >= 4 is 60.5 Å². The van der Waals surface area contributed by atoms with E-state index in [-0.39, 0.29) is 5.41 Å². The molecule has 9 aromatic rings. The van der Waals surface area contributed by atoms with Crippen LogP contribution in [0.1, 0.15) is 37.8 Å². The van der Waals surface area contributed by atoms with Crippen LogP contribution < -0.4 is 4.90 Å². The third-order valence-electron chi connectivity index (χ3n) is 11.5. The normalized spacial score (nSPS) is 13.2. The molecule has 0 bridgehead atoms. The van der Waals surface area contributed by atoms with Gasteiger partial charge in [-0.05, 0) is 111 Å². The van der Waals surface area contributed by atoms with Crippen LogP contribution in [0.15, 0.2) is 168 Å². The molecule has 0 saturated carbocycles. The van der Waals surface area contributed by atoms with Crippen molar-refractivity contribution in [1.29, 1.82) is 0 Å². The van der Waals surface area contributed by atoms with Crippen LogP contribution in [0.4, 0.5) is 17.1 Å². The van der Waals surface area contributed by atoms with Crippen molar-refractivity contribution in [3.05, 3.63) is 175 Å². The molecule has 0 amide bonds. The minimum Gasteiger partial charge on any atom is -0.455 e. The number of para-hydroxylation sites is 1. The maximum atomic E-state index is 6.41. The van der Waals surface area contributed by atoms with Gasteiger partial charge in [0.2, 0.25) is 0 Å². The summed E-state index contributed by atoms with van der Waals surface area (Å²) in [6.45, 7) is 4.68. The van der Waals surface area contributed by atoms with E-state index < -0.39 is 0 Å². The van der Waals surface area contributed by atoms with Crippen LogP contribution in [-0.4, -0.2) is 0 Å². The third-order valence-corrected chi connectivity index (χ3v) is 11.5. The summed E-state index contributed by atoms with van der Waals surface area (Å²) in [5.74, 6) is 0. The maximum Gasteiger partial charge on any atom is 0.143 e. The zero-order valence-electron chi connectivity index (χ0n) is 28.9. The van der Waals surface area contributed by atoms with E-state index >= 15 is 0 Å². The van der Waals surface area contributed by atoms with E-state index in [1.54, 1.807) is 0 Å². The second-order valence-electron chi connectivity index (χ2n) is 13.9. The monoisotopic (exact) mass is 655 g/mol. The summed E-state index contributed by atoms with van der Waals surface area (Å²) in [6.07, 6.45) is 2.13. The van der Waals surface area contributed by atoms with Crippen LogP contribution in [-0.2, 0) is 5.41 Å². The predicted molar refractivity (Wildman–Crippen MR) is 216 cm³/mol. The molecule has 2 heteroatoms. The van der Waals surface area contributed by atoms with Gasteiger partial charge in [0.25, 0.3) is 0 Å². The molecule has 0 radical (unpaired) electrons. The van der Waals surface area contributed by atoms with Crippen LogP contribution in [0.2, 0.25) is 0 Å². The molecule has 0 N–H and O–H groups in total. The molecule has 0 fully saturated rings. The molecule has 1 aliphatic rings. The van der Waals surface area contributed by atoms with Crippen molar-refractivity contribution < 1.29 is 4.42 Å². The zero-order chi connectivity index (χ0) is 34.1. The lowest BCUT2D eigenvalue weighted by Crippen LogP contribution is -2.23. The molecule has 10 rings (SSSR count). The number of benzene rings is 8. The van der Waals surface area contributed by atoms with Crippen molar-refractivity contribution in [1.82, 2.24) is 0 Å². The largest absolute Gasteiger partial charge is 0.455 e. The van der Waals surface area contributed by atoms with Gasteiger partial charge in [-0.15, -0.1) is 0 Å². The van der Waals surface area contributed by atoms with Crippen molar-refractivity contribution in [2.24, 2.45) is 0 Å². The Morgan fingerprint density at radius 1 is 0.451 bits per heavy atom. The van der Waals surface area contributed by atoms with Crippen LogP contribution in [0.5, 0.6) is 0 Å². The number of fused-ring (bicyclic) bond motifs is 9. The number of hydrogen-bond donors (Lipinski definition) is 0. The maximum absolute atomic E-state index is 6.41. The second kappa shape index (κ2) is 11.5. The van der Waals surface area contributed by atoms with Crippen molar-refractivity contribution in [3.8, 4) is 22.3 Å². The average molecular weight is 656 g/mol. The van der Waals surface area contributed by atoms with Gasteiger partial charge >= 0.3 is 0 Å². The molecular weight excluding hydrogens is 619 g/mol. The Kier molecular flexibility index (Phi) is 6.69. The predicted octanol–water partition coefficient (Wildman–Crippen LogP) is 14.1. The van der Waals surface area contributed by atoms with Gasteiger partial charge in [-0.1, -0.05) is 129 Å². The molecular formula is C49H37NO. The topological polar surface area (TPSA) is 16.4 Å². The number of rotatable bonds is 6. The Bertz CT molecular complexity index is 2780. The molecule has 0 aliphatic heterocycles. The van der Waals surface area contributed by atoms with Crippen molar-refractivity contribution in [2.45, 2.75) is 32.1 Å². The first-order valence-electron chi connectivity index (χ1n) is 18.1. The minimum absolute atomic E-state index is 0.000470. The lowest BCUT2D eigenvalue weighted by Gasteiger charge is -2.32. The summed E-state index contributed by atoms with van der Waals surface area (Å²) < 4.78 is 6.41. The first-order chi connectivity index (χ1) is 25.2. The summed E-state index contributed by atoms with van der Waals surface area (Å²) in [5.41, 5.74) is 13.3. The van der Waals surface area contributed by atoms with E-state index in [9.17, 15) is 0 Å². The van der Waals surface area contributed by atoms with Crippen molar-refractivity contribution in [3.63, 3.8) is 0 Å². The van der Waals surface area contributed by atoms with Crippen LogP contribution in [0.25, 0.3) is 65.7 Å². The Morgan fingerprint density at radius 2 is 1.08 bits per heavy atom. The summed E-state index contributed by atoms with van der Waals surface area (Å²) in [5, 5.41) is 7.11. The lowest BCUT2D eigenvalue weighted by atomic mass is 9.74. The highest BCUT2D eigenvalue weighted by Gasteiger charge is 2.40. The Morgan fingerprint density at radius 3 is 1.94 bits per heavy atom. The van der Waals surface area contributed by atoms with Crippen LogP contribution in [0, 0.1) is 0 Å². The lowest BCUT2D eigenvalue weighted by molar-refractivity contribution is 0.490. The number of hydrogen-bond acceptors (Lipinski definition) is 2. The van der Waals surface area contributed by atoms with E-state index in [0.29, 0.717) is 0 Å². The number of nitrogens with zero attached hydrogens (tertiary/aromatic N) is 1. The minimum atomic E-state index is 0.000470. The third kappa shape index (κ3) is 4.43. The highest BCUT2D eigenvalue weighted by Crippen LogP contribution is 2.54. The molecule has 8 aromatic carbocycles. The van der Waals surface area contributed by atoms with Gasteiger partial charge in [0.05, 0.1) is 0 Å². The molecule has 0 saturated heterocycles. The van der Waals surface area contributed by atoms with Crippen LogP contribution in [0.3, 0.4) is 0 Å². The number of furan rings is 1. The molecule has 2 nitrogen and oxygen atoms in total. The second-order valence-corrected chi connectivity index (χ2v) is 13.9. The standard InChI is InChI=1S/C49H37NO/c1-3-49(4-2)45-18-9-7-14-40(45)41-27-26-37(31-46(41)49)50(36-25-20-32-12-5-6-13-34(32)30-36)35-23-21-33(22-24-35)38-16-11-17-43-39(38)28-29-44-42-15-8-10-19-47(42)51-48(43)44/h5-31H,3-4H2,1-2H3. The van der Waals surface area contributed by atoms with Gasteiger partial charge in [0.1, 0.15) is 11.2 Å². The van der Waals surface area contributed by atoms with Crippen molar-refractivity contribution in [2.75, 3.05) is 4.90 Å². The fourth-order valence-corrected chi connectivity index (χ4v) is 8.94. The molecule has 0 spiro atoms. The first kappa shape index (κ1) is 29.8. The summed E-state index contributed by atoms with van der Waals surface area (Å²) in [7, 11) is 0. The molecule has 51 heavy (non-hydrogen) atoms. The van der Waals surface area contributed by atoms with Gasteiger partial charge in [-0.3, -0.25) is 0 Å². The van der Waals surface area contributed by atoms with Gasteiger partial charge in [-0.2, -0.15) is 0 Å². The zero-order valence-corrected chi connectivity index (χ0v) is 28.9. The Labute approximate surface area is 298 Å². The van der Waals surface area contributed by atoms with E-state index in [2.05, 4.69) is 176 Å². The van der Waals surface area contributed by atoms with E-state index in [1.807, 2.05) is 6.07 Å². The van der Waals surface area contributed by atoms with Gasteiger partial charge in [-0.25, -0.2) is 0 Å². The smallest absolute Gasteiger partial charge is 0.143 e. The molecule has 1 heterocycles. The van der Waals surface area contributed by atoms with Gasteiger partial charge in [0.15, 0.2) is 0 Å². The van der Waals surface area contributed by atoms with Crippen LogP contribution >= 0.6 is 0 Å². The SMILES string of the molecule is CCC1(CC)c2ccccc2-c2ccc(N(c3ccc(-c4cccc5c4ccc4c6ccccc6oc54)cc3)c3ccc4ccccc4c3)cc21. The van der Waals surface area contributed by atoms with E-state index in [0.717, 1.165) is 51.5 Å². The molecule has 0 atom stereocenters.